The van der Waals surface area contributed by atoms with Crippen molar-refractivity contribution in [2.75, 3.05) is 20.3 Å². The van der Waals surface area contributed by atoms with E-state index in [0.717, 1.165) is 22.3 Å². The molecule has 0 heterocycles. The Morgan fingerprint density at radius 2 is 1.63 bits per heavy atom. The molecule has 0 aromatic heterocycles. The molecule has 1 aliphatic carbocycles. The summed E-state index contributed by atoms with van der Waals surface area (Å²) >= 11 is 0. The van der Waals surface area contributed by atoms with Crippen molar-refractivity contribution in [1.82, 2.24) is 10.6 Å². The molecule has 188 valence electrons. The van der Waals surface area contributed by atoms with Gasteiger partial charge in [0.05, 0.1) is 0 Å². The molecule has 0 saturated carbocycles. The molecule has 0 radical (unpaired) electrons. The fourth-order valence-corrected chi connectivity index (χ4v) is 4.39. The number of fused-ring (bicyclic) bond motifs is 3. The maximum absolute atomic E-state index is 13.0. The Balaban J connectivity index is 1.63. The summed E-state index contributed by atoms with van der Waals surface area (Å²) in [6, 6.07) is 15.3. The number of hydrogen-bond acceptors (Lipinski definition) is 5. The Morgan fingerprint density at radius 3 is 2.20 bits per heavy atom. The van der Waals surface area contributed by atoms with Gasteiger partial charge in [0.25, 0.3) is 0 Å². The minimum absolute atomic E-state index is 0.0680. The van der Waals surface area contributed by atoms with Crippen molar-refractivity contribution in [3.63, 3.8) is 0 Å². The average molecular weight is 483 g/mol. The van der Waals surface area contributed by atoms with Crippen LogP contribution in [0.4, 0.5) is 4.79 Å². The molecule has 0 fully saturated rings. The van der Waals surface area contributed by atoms with Gasteiger partial charge in [0, 0.05) is 31.6 Å². The third-order valence-electron chi connectivity index (χ3n) is 6.22. The van der Waals surface area contributed by atoms with E-state index in [1.54, 1.807) is 21.0 Å². The lowest BCUT2D eigenvalue weighted by Gasteiger charge is -2.28. The number of methoxy groups -OCH3 is 1. The predicted molar refractivity (Wildman–Crippen MR) is 132 cm³/mol. The smallest absolute Gasteiger partial charge is 0.407 e. The first-order valence-electron chi connectivity index (χ1n) is 11.9. The third-order valence-corrected chi connectivity index (χ3v) is 6.22. The van der Waals surface area contributed by atoms with Crippen LogP contribution in [0.25, 0.3) is 11.1 Å². The zero-order chi connectivity index (χ0) is 25.4. The largest absolute Gasteiger partial charge is 0.481 e. The highest BCUT2D eigenvalue weighted by Gasteiger charge is 2.31. The summed E-state index contributed by atoms with van der Waals surface area (Å²) in [6.07, 6.45) is 0.450. The topological polar surface area (TPSA) is 114 Å². The second-order valence-electron chi connectivity index (χ2n) is 9.42. The van der Waals surface area contributed by atoms with E-state index in [1.165, 1.54) is 0 Å². The Hall–Kier alpha value is -3.39. The molecule has 0 bridgehead atoms. The van der Waals surface area contributed by atoms with Crippen LogP contribution >= 0.6 is 0 Å². The molecule has 2 amide bonds. The molecular weight excluding hydrogens is 448 g/mol. The number of rotatable bonds is 12. The van der Waals surface area contributed by atoms with Crippen molar-refractivity contribution in [2.24, 2.45) is 0 Å². The van der Waals surface area contributed by atoms with Crippen molar-refractivity contribution in [1.29, 1.82) is 0 Å². The number of aliphatic carboxylic acids is 1. The van der Waals surface area contributed by atoms with Crippen LogP contribution in [0.3, 0.4) is 0 Å². The minimum atomic E-state index is -0.930. The Kier molecular flexibility index (Phi) is 8.87. The summed E-state index contributed by atoms with van der Waals surface area (Å²) in [6.45, 7) is 4.11. The summed E-state index contributed by atoms with van der Waals surface area (Å²) in [4.78, 5) is 36.6. The van der Waals surface area contributed by atoms with E-state index >= 15 is 0 Å². The third kappa shape index (κ3) is 7.05. The fourth-order valence-electron chi connectivity index (χ4n) is 4.39. The molecule has 35 heavy (non-hydrogen) atoms. The quantitative estimate of drug-likeness (QED) is 0.393. The van der Waals surface area contributed by atoms with Gasteiger partial charge in [0.15, 0.2) is 0 Å². The number of carbonyl (C=O) groups excluding carboxylic acids is 2. The zero-order valence-corrected chi connectivity index (χ0v) is 20.5. The van der Waals surface area contributed by atoms with E-state index in [1.807, 2.05) is 36.4 Å². The Labute approximate surface area is 206 Å². The molecule has 2 aromatic rings. The van der Waals surface area contributed by atoms with Crippen LogP contribution in [0.2, 0.25) is 0 Å². The van der Waals surface area contributed by atoms with Gasteiger partial charge in [0.2, 0.25) is 5.91 Å². The highest BCUT2D eigenvalue weighted by atomic mass is 16.5. The standard InChI is InChI=1S/C27H34N2O6/c1-27(2,15-14-24(30)31)29-25(32)23(13-8-16-34-3)28-26(33)35-17-22-20-11-6-4-9-18(20)19-10-5-7-12-21(19)22/h4-7,9-12,22-23H,8,13-17H2,1-3H3,(H,28,33)(H,29,32)(H,30,31). The number of nitrogens with one attached hydrogen (secondary N) is 2. The van der Waals surface area contributed by atoms with E-state index in [-0.39, 0.29) is 31.3 Å². The highest BCUT2D eigenvalue weighted by molar-refractivity contribution is 5.86. The van der Waals surface area contributed by atoms with Crippen molar-refractivity contribution < 1.29 is 29.0 Å². The van der Waals surface area contributed by atoms with Crippen molar-refractivity contribution in [3.05, 3.63) is 59.7 Å². The van der Waals surface area contributed by atoms with E-state index in [4.69, 9.17) is 14.6 Å². The number of alkyl carbamates (subject to hydrolysis) is 1. The van der Waals surface area contributed by atoms with E-state index in [2.05, 4.69) is 22.8 Å². The summed E-state index contributed by atoms with van der Waals surface area (Å²) in [5.74, 6) is -1.39. The first-order valence-corrected chi connectivity index (χ1v) is 11.9. The summed E-state index contributed by atoms with van der Waals surface area (Å²) in [5.41, 5.74) is 3.75. The maximum Gasteiger partial charge on any atom is 0.407 e. The Bertz CT molecular complexity index is 1010. The van der Waals surface area contributed by atoms with Gasteiger partial charge < -0.3 is 25.2 Å². The van der Waals surface area contributed by atoms with Gasteiger partial charge in [-0.15, -0.1) is 0 Å². The van der Waals surface area contributed by atoms with E-state index < -0.39 is 23.6 Å². The summed E-state index contributed by atoms with van der Waals surface area (Å²) in [7, 11) is 1.57. The number of amides is 2. The number of carbonyl (C=O) groups is 3. The first-order chi connectivity index (χ1) is 16.7. The first kappa shape index (κ1) is 26.2. The van der Waals surface area contributed by atoms with Gasteiger partial charge >= 0.3 is 12.1 Å². The second kappa shape index (κ2) is 11.8. The van der Waals surface area contributed by atoms with Crippen LogP contribution in [0, 0.1) is 0 Å². The van der Waals surface area contributed by atoms with Crippen LogP contribution in [-0.4, -0.2) is 55.0 Å². The number of carboxylic acid groups (broad SMARTS) is 1. The van der Waals surface area contributed by atoms with Crippen molar-refractivity contribution >= 4 is 18.0 Å². The van der Waals surface area contributed by atoms with E-state index in [0.29, 0.717) is 19.4 Å². The van der Waals surface area contributed by atoms with Gasteiger partial charge in [-0.05, 0) is 55.4 Å². The molecule has 0 aliphatic heterocycles. The lowest BCUT2D eigenvalue weighted by atomic mass is 9.97. The average Bonchev–Trinajstić information content (AvgIpc) is 3.14. The van der Waals surface area contributed by atoms with Gasteiger partial charge in [-0.2, -0.15) is 0 Å². The van der Waals surface area contributed by atoms with Gasteiger partial charge in [-0.3, -0.25) is 9.59 Å². The molecule has 2 aromatic carbocycles. The number of ether oxygens (including phenoxy) is 2. The molecule has 1 unspecified atom stereocenters. The fraction of sp³-hybridized carbons (Fsp3) is 0.444. The molecule has 1 aliphatic rings. The lowest BCUT2D eigenvalue weighted by Crippen LogP contribution is -2.53. The molecule has 1 atom stereocenters. The Morgan fingerprint density at radius 1 is 1.03 bits per heavy atom. The van der Waals surface area contributed by atoms with Gasteiger partial charge in [-0.1, -0.05) is 48.5 Å². The number of carboxylic acids is 1. The SMILES string of the molecule is COCCCC(NC(=O)OCC1c2ccccc2-c2ccccc21)C(=O)NC(C)(C)CCC(=O)O. The van der Waals surface area contributed by atoms with Crippen LogP contribution in [0.5, 0.6) is 0 Å². The molecule has 0 spiro atoms. The predicted octanol–water partition coefficient (Wildman–Crippen LogP) is 4.08. The van der Waals surface area contributed by atoms with E-state index in [9.17, 15) is 14.4 Å². The van der Waals surface area contributed by atoms with Crippen LogP contribution in [-0.2, 0) is 19.1 Å². The zero-order valence-electron chi connectivity index (χ0n) is 20.5. The maximum atomic E-state index is 13.0. The number of hydrogen-bond donors (Lipinski definition) is 3. The molecule has 8 nitrogen and oxygen atoms in total. The molecule has 3 N–H and O–H groups in total. The van der Waals surface area contributed by atoms with Crippen LogP contribution in [0.15, 0.2) is 48.5 Å². The monoisotopic (exact) mass is 482 g/mol. The normalized spacial score (nSPS) is 13.5. The number of benzene rings is 2. The van der Waals surface area contributed by atoms with Gasteiger partial charge in [-0.25, -0.2) is 4.79 Å². The minimum Gasteiger partial charge on any atom is -0.481 e. The molecule has 8 heteroatoms. The van der Waals surface area contributed by atoms with Crippen molar-refractivity contribution in [2.45, 2.75) is 57.0 Å². The summed E-state index contributed by atoms with van der Waals surface area (Å²) in [5, 5.41) is 14.5. The molecular formula is C27H34N2O6. The summed E-state index contributed by atoms with van der Waals surface area (Å²) < 4.78 is 10.7. The van der Waals surface area contributed by atoms with Crippen LogP contribution < -0.4 is 10.6 Å². The molecule has 3 rings (SSSR count). The van der Waals surface area contributed by atoms with Crippen LogP contribution in [0.1, 0.15) is 56.6 Å². The molecule has 0 saturated heterocycles. The van der Waals surface area contributed by atoms with Gasteiger partial charge in [0.1, 0.15) is 12.6 Å². The highest BCUT2D eigenvalue weighted by Crippen LogP contribution is 2.44. The lowest BCUT2D eigenvalue weighted by molar-refractivity contribution is -0.138. The second-order valence-corrected chi connectivity index (χ2v) is 9.42. The van der Waals surface area contributed by atoms with Crippen molar-refractivity contribution in [3.8, 4) is 11.1 Å².